The van der Waals surface area contributed by atoms with E-state index in [-0.39, 0.29) is 12.4 Å². The van der Waals surface area contributed by atoms with Crippen molar-refractivity contribution in [3.8, 4) is 5.75 Å². The van der Waals surface area contributed by atoms with Crippen LogP contribution in [0.25, 0.3) is 6.08 Å². The van der Waals surface area contributed by atoms with E-state index in [1.54, 1.807) is 5.57 Å². The molecule has 2 aromatic carbocycles. The maximum absolute atomic E-state index is 5.87. The van der Waals surface area contributed by atoms with E-state index in [2.05, 4.69) is 72.9 Å². The molecule has 2 aromatic rings. The summed E-state index contributed by atoms with van der Waals surface area (Å²) in [6.45, 7) is 3.78. The van der Waals surface area contributed by atoms with Crippen LogP contribution < -0.4 is 10.1 Å². The highest BCUT2D eigenvalue weighted by molar-refractivity contribution is 5.85. The molecule has 0 aliphatic heterocycles. The van der Waals surface area contributed by atoms with Crippen LogP contribution in [-0.2, 0) is 6.42 Å². The van der Waals surface area contributed by atoms with Gasteiger partial charge in [0.2, 0.25) is 0 Å². The summed E-state index contributed by atoms with van der Waals surface area (Å²) in [5.74, 6) is 0.952. The van der Waals surface area contributed by atoms with Crippen molar-refractivity contribution >= 4 is 18.5 Å². The van der Waals surface area contributed by atoms with Crippen molar-refractivity contribution in [1.29, 1.82) is 0 Å². The molecule has 1 atom stereocenters. The molecule has 0 aromatic heterocycles. The first-order valence-corrected chi connectivity index (χ1v) is 9.99. The van der Waals surface area contributed by atoms with Crippen LogP contribution in [0.15, 0.2) is 60.2 Å². The minimum atomic E-state index is 0. The van der Waals surface area contributed by atoms with Crippen LogP contribution in [0.5, 0.6) is 5.75 Å². The largest absolute Gasteiger partial charge is 0.492 e. The number of ether oxygens (including phenoxy) is 1. The molecule has 1 aliphatic rings. The standard InChI is InChI=1S/C24H31NO.ClH/c1-20(18-21-8-4-2-5-9-21)25-16-17-26-24-14-12-23(13-15-24)19-22-10-6-3-7-11-22;/h2,4-5,8-9,12-15,19-20,25H,3,6-7,10-11,16-18H2,1H3;1H. The number of halogens is 1. The molecule has 1 fully saturated rings. The fraction of sp³-hybridized carbons (Fsp3) is 0.417. The third kappa shape index (κ3) is 7.78. The fourth-order valence-electron chi connectivity index (χ4n) is 3.56. The van der Waals surface area contributed by atoms with Gasteiger partial charge in [0.05, 0.1) is 0 Å². The number of hydrogen-bond acceptors (Lipinski definition) is 2. The summed E-state index contributed by atoms with van der Waals surface area (Å²) in [5.41, 5.74) is 4.27. The number of benzene rings is 2. The topological polar surface area (TPSA) is 21.3 Å². The highest BCUT2D eigenvalue weighted by atomic mass is 35.5. The molecule has 0 spiro atoms. The Hall–Kier alpha value is -1.77. The molecule has 0 saturated heterocycles. The Morgan fingerprint density at radius 3 is 2.37 bits per heavy atom. The number of nitrogens with one attached hydrogen (secondary N) is 1. The molecule has 0 heterocycles. The summed E-state index contributed by atoms with van der Waals surface area (Å²) in [5, 5.41) is 3.53. The van der Waals surface area contributed by atoms with Crippen LogP contribution in [0.1, 0.15) is 50.2 Å². The van der Waals surface area contributed by atoms with Crippen molar-refractivity contribution in [3.05, 3.63) is 71.3 Å². The van der Waals surface area contributed by atoms with Gasteiger partial charge in [0.25, 0.3) is 0 Å². The van der Waals surface area contributed by atoms with Gasteiger partial charge in [-0.25, -0.2) is 0 Å². The fourth-order valence-corrected chi connectivity index (χ4v) is 3.56. The van der Waals surface area contributed by atoms with Gasteiger partial charge < -0.3 is 10.1 Å². The van der Waals surface area contributed by atoms with E-state index in [9.17, 15) is 0 Å². The van der Waals surface area contributed by atoms with Crippen LogP contribution in [0.2, 0.25) is 0 Å². The molecular formula is C24H32ClNO. The molecule has 2 nitrogen and oxygen atoms in total. The monoisotopic (exact) mass is 385 g/mol. The molecule has 1 unspecified atom stereocenters. The summed E-state index contributed by atoms with van der Waals surface area (Å²) in [6.07, 6.45) is 10.0. The maximum Gasteiger partial charge on any atom is 0.119 e. The van der Waals surface area contributed by atoms with Crippen LogP contribution in [0, 0.1) is 0 Å². The molecular weight excluding hydrogens is 354 g/mol. The number of rotatable bonds is 8. The number of allylic oxidation sites excluding steroid dienone is 1. The summed E-state index contributed by atoms with van der Waals surface area (Å²) >= 11 is 0. The van der Waals surface area contributed by atoms with Gasteiger partial charge in [-0.3, -0.25) is 0 Å². The normalized spacial score (nSPS) is 14.9. The van der Waals surface area contributed by atoms with Crippen LogP contribution in [0.3, 0.4) is 0 Å². The van der Waals surface area contributed by atoms with Crippen molar-refractivity contribution < 1.29 is 4.74 Å². The molecule has 3 heteroatoms. The van der Waals surface area contributed by atoms with E-state index >= 15 is 0 Å². The third-order valence-corrected chi connectivity index (χ3v) is 4.99. The van der Waals surface area contributed by atoms with Crippen molar-refractivity contribution in [2.24, 2.45) is 0 Å². The minimum absolute atomic E-state index is 0. The summed E-state index contributed by atoms with van der Waals surface area (Å²) < 4.78 is 5.87. The maximum atomic E-state index is 5.87. The van der Waals surface area contributed by atoms with Crippen molar-refractivity contribution in [2.75, 3.05) is 13.2 Å². The average Bonchev–Trinajstić information content (AvgIpc) is 2.68. The second-order valence-electron chi connectivity index (χ2n) is 7.33. The Bertz CT molecular complexity index is 673. The molecule has 0 bridgehead atoms. The Morgan fingerprint density at radius 1 is 0.963 bits per heavy atom. The van der Waals surface area contributed by atoms with Gasteiger partial charge in [0.15, 0.2) is 0 Å². The second-order valence-corrected chi connectivity index (χ2v) is 7.33. The van der Waals surface area contributed by atoms with E-state index < -0.39 is 0 Å². The van der Waals surface area contributed by atoms with Crippen molar-refractivity contribution in [2.45, 2.75) is 51.5 Å². The Balaban J connectivity index is 0.00000261. The van der Waals surface area contributed by atoms with Crippen LogP contribution in [-0.4, -0.2) is 19.2 Å². The summed E-state index contributed by atoms with van der Waals surface area (Å²) in [6, 6.07) is 19.6. The lowest BCUT2D eigenvalue weighted by Crippen LogP contribution is -2.31. The Kier molecular flexibility index (Phi) is 9.44. The molecule has 27 heavy (non-hydrogen) atoms. The van der Waals surface area contributed by atoms with Crippen LogP contribution in [0.4, 0.5) is 0 Å². The van der Waals surface area contributed by atoms with E-state index in [0.29, 0.717) is 12.6 Å². The summed E-state index contributed by atoms with van der Waals surface area (Å²) in [7, 11) is 0. The highest BCUT2D eigenvalue weighted by Gasteiger charge is 2.05. The molecule has 0 radical (unpaired) electrons. The van der Waals surface area contributed by atoms with Gasteiger partial charge in [-0.1, -0.05) is 60.5 Å². The zero-order valence-corrected chi connectivity index (χ0v) is 17.1. The molecule has 1 saturated carbocycles. The van der Waals surface area contributed by atoms with E-state index in [0.717, 1.165) is 18.7 Å². The lowest BCUT2D eigenvalue weighted by molar-refractivity contribution is 0.306. The SMILES string of the molecule is CC(Cc1ccccc1)NCCOc1ccc(C=C2CCCCC2)cc1.Cl. The third-order valence-electron chi connectivity index (χ3n) is 4.99. The van der Waals surface area contributed by atoms with Gasteiger partial charge in [-0.05, 0) is 62.3 Å². The quantitative estimate of drug-likeness (QED) is 0.558. The molecule has 3 rings (SSSR count). The zero-order chi connectivity index (χ0) is 18.0. The van der Waals surface area contributed by atoms with E-state index in [1.165, 1.54) is 43.2 Å². The minimum Gasteiger partial charge on any atom is -0.492 e. The van der Waals surface area contributed by atoms with Gasteiger partial charge >= 0.3 is 0 Å². The van der Waals surface area contributed by atoms with Gasteiger partial charge in [-0.15, -0.1) is 12.4 Å². The molecule has 0 amide bonds. The molecule has 146 valence electrons. The Morgan fingerprint density at radius 2 is 1.67 bits per heavy atom. The second kappa shape index (κ2) is 11.8. The van der Waals surface area contributed by atoms with Crippen LogP contribution >= 0.6 is 12.4 Å². The lowest BCUT2D eigenvalue weighted by Gasteiger charge is -2.15. The predicted molar refractivity (Wildman–Crippen MR) is 118 cm³/mol. The molecule has 1 aliphatic carbocycles. The van der Waals surface area contributed by atoms with Gasteiger partial charge in [0.1, 0.15) is 12.4 Å². The zero-order valence-electron chi connectivity index (χ0n) is 16.3. The first-order chi connectivity index (χ1) is 12.8. The van der Waals surface area contributed by atoms with Gasteiger partial charge in [0, 0.05) is 12.6 Å². The number of hydrogen-bond donors (Lipinski definition) is 1. The van der Waals surface area contributed by atoms with E-state index in [1.807, 2.05) is 0 Å². The Labute approximate surface area is 170 Å². The van der Waals surface area contributed by atoms with Crippen molar-refractivity contribution in [3.63, 3.8) is 0 Å². The predicted octanol–water partition coefficient (Wildman–Crippen LogP) is 6.06. The summed E-state index contributed by atoms with van der Waals surface area (Å²) in [4.78, 5) is 0. The van der Waals surface area contributed by atoms with Crippen molar-refractivity contribution in [1.82, 2.24) is 5.32 Å². The van der Waals surface area contributed by atoms with E-state index in [4.69, 9.17) is 4.74 Å². The average molecular weight is 386 g/mol. The first-order valence-electron chi connectivity index (χ1n) is 9.99. The highest BCUT2D eigenvalue weighted by Crippen LogP contribution is 2.25. The molecule has 1 N–H and O–H groups in total. The lowest BCUT2D eigenvalue weighted by atomic mass is 9.93. The first kappa shape index (κ1) is 21.5. The van der Waals surface area contributed by atoms with Gasteiger partial charge in [-0.2, -0.15) is 0 Å². The smallest absolute Gasteiger partial charge is 0.119 e.